The van der Waals surface area contributed by atoms with E-state index in [1.54, 1.807) is 17.0 Å². The number of ether oxygens (including phenoxy) is 2. The van der Waals surface area contributed by atoms with E-state index >= 15 is 0 Å². The number of pyridine rings is 1. The summed E-state index contributed by atoms with van der Waals surface area (Å²) in [5.74, 6) is 0.100. The van der Waals surface area contributed by atoms with Crippen LogP contribution < -0.4 is 9.64 Å². The number of carbonyl (C=O) groups excluding carboxylic acids is 2. The van der Waals surface area contributed by atoms with Gasteiger partial charge < -0.3 is 18.8 Å². The molecule has 7 heteroatoms. The van der Waals surface area contributed by atoms with Gasteiger partial charge >= 0.3 is 5.97 Å². The molecular formula is C20H19N3O4. The summed E-state index contributed by atoms with van der Waals surface area (Å²) >= 11 is 0. The highest BCUT2D eigenvalue weighted by molar-refractivity contribution is 5.98. The number of hydrogen-bond donors (Lipinski definition) is 0. The first kappa shape index (κ1) is 17.1. The number of aromatic nitrogens is 2. The summed E-state index contributed by atoms with van der Waals surface area (Å²) in [5, 5.41) is 0. The van der Waals surface area contributed by atoms with Gasteiger partial charge in [-0.25, -0.2) is 4.98 Å². The standard InChI is InChI=1S/C20H19N3O4/c1-14-5-4-9-22-11-15(21-20(14)22)12-27-19(25)8-10-23-16-6-2-3-7-17(16)26-13-18(23)24/h2-7,9,11H,8,10,12-13H2,1H3. The number of anilines is 1. The summed E-state index contributed by atoms with van der Waals surface area (Å²) in [5.41, 5.74) is 3.27. The number of esters is 1. The number of rotatable bonds is 5. The number of benzene rings is 1. The lowest BCUT2D eigenvalue weighted by Crippen LogP contribution is -2.40. The van der Waals surface area contributed by atoms with Crippen LogP contribution >= 0.6 is 0 Å². The predicted molar refractivity (Wildman–Crippen MR) is 98.6 cm³/mol. The summed E-state index contributed by atoms with van der Waals surface area (Å²) in [4.78, 5) is 30.3. The van der Waals surface area contributed by atoms with Crippen LogP contribution in [-0.4, -0.2) is 34.4 Å². The Labute approximate surface area is 156 Å². The number of para-hydroxylation sites is 2. The molecule has 0 N–H and O–H groups in total. The summed E-state index contributed by atoms with van der Waals surface area (Å²) in [6.07, 6.45) is 3.85. The smallest absolute Gasteiger partial charge is 0.307 e. The Kier molecular flexibility index (Phi) is 4.50. The molecule has 3 aromatic rings. The van der Waals surface area contributed by atoms with E-state index < -0.39 is 0 Å². The summed E-state index contributed by atoms with van der Waals surface area (Å²) in [6, 6.07) is 11.2. The second-order valence-electron chi connectivity index (χ2n) is 6.37. The molecule has 0 atom stereocenters. The second kappa shape index (κ2) is 7.11. The maximum Gasteiger partial charge on any atom is 0.307 e. The number of imidazole rings is 1. The molecule has 0 saturated heterocycles. The molecule has 0 aliphatic carbocycles. The van der Waals surface area contributed by atoms with Gasteiger partial charge in [0, 0.05) is 18.9 Å². The minimum Gasteiger partial charge on any atom is -0.482 e. The van der Waals surface area contributed by atoms with Crippen molar-refractivity contribution in [2.75, 3.05) is 18.1 Å². The first-order chi connectivity index (χ1) is 13.1. The number of hydrogen-bond acceptors (Lipinski definition) is 5. The Morgan fingerprint density at radius 1 is 1.26 bits per heavy atom. The molecular weight excluding hydrogens is 346 g/mol. The summed E-state index contributed by atoms with van der Waals surface area (Å²) in [6.45, 7) is 2.32. The molecule has 3 heterocycles. The molecule has 0 bridgehead atoms. The van der Waals surface area contributed by atoms with Crippen molar-refractivity contribution in [1.82, 2.24) is 9.38 Å². The van der Waals surface area contributed by atoms with Crippen LogP contribution in [0.4, 0.5) is 5.69 Å². The van der Waals surface area contributed by atoms with Crippen LogP contribution in [0.15, 0.2) is 48.8 Å². The summed E-state index contributed by atoms with van der Waals surface area (Å²) < 4.78 is 12.6. The maximum absolute atomic E-state index is 12.1. The fourth-order valence-electron chi connectivity index (χ4n) is 3.10. The van der Waals surface area contributed by atoms with Gasteiger partial charge in [0.1, 0.15) is 18.0 Å². The van der Waals surface area contributed by atoms with E-state index in [1.807, 2.05) is 48.0 Å². The quantitative estimate of drug-likeness (QED) is 0.650. The number of amides is 1. The topological polar surface area (TPSA) is 73.1 Å². The molecule has 27 heavy (non-hydrogen) atoms. The zero-order chi connectivity index (χ0) is 18.8. The van der Waals surface area contributed by atoms with Crippen LogP contribution in [0.5, 0.6) is 5.75 Å². The van der Waals surface area contributed by atoms with Crippen LogP contribution in [0.3, 0.4) is 0 Å². The van der Waals surface area contributed by atoms with Gasteiger partial charge in [-0.3, -0.25) is 9.59 Å². The lowest BCUT2D eigenvalue weighted by Gasteiger charge is -2.28. The van der Waals surface area contributed by atoms with Crippen LogP contribution in [0.25, 0.3) is 5.65 Å². The van der Waals surface area contributed by atoms with Gasteiger partial charge in [-0.05, 0) is 30.7 Å². The van der Waals surface area contributed by atoms with E-state index in [1.165, 1.54) is 0 Å². The van der Waals surface area contributed by atoms with Crippen molar-refractivity contribution < 1.29 is 19.1 Å². The van der Waals surface area contributed by atoms with E-state index in [4.69, 9.17) is 9.47 Å². The van der Waals surface area contributed by atoms with Gasteiger partial charge in [0.25, 0.3) is 5.91 Å². The van der Waals surface area contributed by atoms with Crippen LogP contribution in [0.2, 0.25) is 0 Å². The fourth-order valence-corrected chi connectivity index (χ4v) is 3.10. The molecule has 1 aliphatic heterocycles. The first-order valence-corrected chi connectivity index (χ1v) is 8.73. The predicted octanol–water partition coefficient (Wildman–Crippen LogP) is 2.50. The molecule has 7 nitrogen and oxygen atoms in total. The third-order valence-corrected chi connectivity index (χ3v) is 4.46. The molecule has 0 radical (unpaired) electrons. The van der Waals surface area contributed by atoms with Crippen molar-refractivity contribution in [3.05, 3.63) is 60.0 Å². The molecule has 4 rings (SSSR count). The highest BCUT2D eigenvalue weighted by atomic mass is 16.5. The van der Waals surface area contributed by atoms with Crippen LogP contribution in [-0.2, 0) is 20.9 Å². The highest BCUT2D eigenvalue weighted by Crippen LogP contribution is 2.31. The van der Waals surface area contributed by atoms with E-state index in [9.17, 15) is 9.59 Å². The van der Waals surface area contributed by atoms with E-state index in [0.717, 1.165) is 11.2 Å². The van der Waals surface area contributed by atoms with Gasteiger partial charge in [-0.15, -0.1) is 0 Å². The van der Waals surface area contributed by atoms with Gasteiger partial charge in [0.2, 0.25) is 0 Å². The minimum atomic E-state index is -0.374. The Bertz CT molecular complexity index is 1010. The van der Waals surface area contributed by atoms with Gasteiger partial charge in [0.05, 0.1) is 17.8 Å². The molecule has 1 aromatic carbocycles. The SMILES string of the molecule is Cc1cccn2cc(COC(=O)CCN3C(=O)COc4ccccc43)nc12. The normalized spacial score (nSPS) is 13.4. The highest BCUT2D eigenvalue weighted by Gasteiger charge is 2.25. The average Bonchev–Trinajstić information content (AvgIpc) is 3.10. The monoisotopic (exact) mass is 365 g/mol. The van der Waals surface area contributed by atoms with Crippen molar-refractivity contribution in [3.63, 3.8) is 0 Å². The van der Waals surface area contributed by atoms with Crippen molar-refractivity contribution in [2.45, 2.75) is 20.0 Å². The van der Waals surface area contributed by atoms with Crippen molar-refractivity contribution in [1.29, 1.82) is 0 Å². The minimum absolute atomic E-state index is 0.0212. The average molecular weight is 365 g/mol. The zero-order valence-corrected chi connectivity index (χ0v) is 14.9. The maximum atomic E-state index is 12.1. The second-order valence-corrected chi connectivity index (χ2v) is 6.37. The van der Waals surface area contributed by atoms with Crippen LogP contribution in [0, 0.1) is 6.92 Å². The number of fused-ring (bicyclic) bond motifs is 2. The Morgan fingerprint density at radius 3 is 2.96 bits per heavy atom. The number of nitrogens with zero attached hydrogens (tertiary/aromatic N) is 3. The molecule has 0 spiro atoms. The van der Waals surface area contributed by atoms with Gasteiger partial charge in [-0.2, -0.15) is 0 Å². The van der Waals surface area contributed by atoms with Crippen molar-refractivity contribution in [2.24, 2.45) is 0 Å². The Morgan fingerprint density at radius 2 is 2.11 bits per heavy atom. The van der Waals surface area contributed by atoms with E-state index in [2.05, 4.69) is 4.98 Å². The molecule has 138 valence electrons. The Hall–Kier alpha value is -3.35. The van der Waals surface area contributed by atoms with Crippen molar-refractivity contribution in [3.8, 4) is 5.75 Å². The van der Waals surface area contributed by atoms with Crippen LogP contribution in [0.1, 0.15) is 17.7 Å². The zero-order valence-electron chi connectivity index (χ0n) is 14.9. The van der Waals surface area contributed by atoms with E-state index in [0.29, 0.717) is 17.1 Å². The molecule has 2 aromatic heterocycles. The molecule has 0 saturated carbocycles. The Balaban J connectivity index is 1.36. The van der Waals surface area contributed by atoms with Crippen molar-refractivity contribution >= 4 is 23.2 Å². The number of carbonyl (C=O) groups is 2. The molecule has 0 fully saturated rings. The molecule has 0 unspecified atom stereocenters. The number of aryl methyl sites for hydroxylation is 1. The largest absolute Gasteiger partial charge is 0.482 e. The summed E-state index contributed by atoms with van der Waals surface area (Å²) in [7, 11) is 0. The molecule has 1 amide bonds. The lowest BCUT2D eigenvalue weighted by atomic mass is 10.2. The molecule has 1 aliphatic rings. The lowest BCUT2D eigenvalue weighted by molar-refractivity contribution is -0.144. The first-order valence-electron chi connectivity index (χ1n) is 8.73. The van der Waals surface area contributed by atoms with E-state index in [-0.39, 0.29) is 38.1 Å². The third kappa shape index (κ3) is 3.48. The van der Waals surface area contributed by atoms with Gasteiger partial charge in [0.15, 0.2) is 6.61 Å². The fraction of sp³-hybridized carbons (Fsp3) is 0.250. The van der Waals surface area contributed by atoms with Gasteiger partial charge in [-0.1, -0.05) is 18.2 Å². The third-order valence-electron chi connectivity index (χ3n) is 4.46.